The summed E-state index contributed by atoms with van der Waals surface area (Å²) in [5.41, 5.74) is 0.564. The monoisotopic (exact) mass is 320 g/mol. The van der Waals surface area contributed by atoms with E-state index in [1.165, 1.54) is 12.3 Å². The van der Waals surface area contributed by atoms with Gasteiger partial charge in [-0.15, -0.1) is 0 Å². The zero-order valence-electron chi connectivity index (χ0n) is 12.7. The maximum Gasteiger partial charge on any atom is 0.379 e. The molecule has 0 aliphatic heterocycles. The first-order valence-corrected chi connectivity index (χ1v) is 7.36. The number of carbonyl (C=O) groups excluding carboxylic acids is 1. The van der Waals surface area contributed by atoms with Crippen LogP contribution in [0, 0.1) is 6.92 Å². The van der Waals surface area contributed by atoms with Crippen LogP contribution in [0.3, 0.4) is 0 Å². The van der Waals surface area contributed by atoms with Crippen LogP contribution in [0.1, 0.15) is 16.1 Å². The maximum atomic E-state index is 12.2. The highest BCUT2D eigenvalue weighted by Crippen LogP contribution is 2.31. The van der Waals surface area contributed by atoms with Gasteiger partial charge >= 0.3 is 11.6 Å². The van der Waals surface area contributed by atoms with E-state index in [1.807, 2.05) is 12.1 Å². The van der Waals surface area contributed by atoms with Gasteiger partial charge in [-0.1, -0.05) is 18.2 Å². The van der Waals surface area contributed by atoms with Crippen molar-refractivity contribution in [3.05, 3.63) is 76.5 Å². The van der Waals surface area contributed by atoms with Crippen molar-refractivity contribution in [1.29, 1.82) is 0 Å². The summed E-state index contributed by atoms with van der Waals surface area (Å²) in [6, 6.07) is 13.8. The van der Waals surface area contributed by atoms with Crippen molar-refractivity contribution in [3.8, 4) is 5.75 Å². The Hall–Kier alpha value is -3.34. The van der Waals surface area contributed by atoms with E-state index in [4.69, 9.17) is 13.6 Å². The number of hydrogen-bond donors (Lipinski definition) is 0. The molecule has 0 fully saturated rings. The fraction of sp³-hybridized carbons (Fsp3) is 0.0526. The summed E-state index contributed by atoms with van der Waals surface area (Å²) < 4.78 is 15.8. The molecule has 0 atom stereocenters. The largest absolute Gasteiger partial charge is 0.457 e. The molecule has 4 rings (SSSR count). The van der Waals surface area contributed by atoms with E-state index in [2.05, 4.69) is 0 Å². The van der Waals surface area contributed by atoms with Crippen LogP contribution in [0.25, 0.3) is 21.7 Å². The number of benzene rings is 2. The van der Waals surface area contributed by atoms with Gasteiger partial charge in [-0.25, -0.2) is 9.59 Å². The van der Waals surface area contributed by atoms with Gasteiger partial charge in [-0.3, -0.25) is 0 Å². The van der Waals surface area contributed by atoms with E-state index >= 15 is 0 Å². The first kappa shape index (κ1) is 14.3. The Morgan fingerprint density at radius 1 is 0.958 bits per heavy atom. The lowest BCUT2D eigenvalue weighted by Crippen LogP contribution is -2.08. The van der Waals surface area contributed by atoms with E-state index < -0.39 is 11.6 Å². The van der Waals surface area contributed by atoms with Crippen LogP contribution in [-0.2, 0) is 0 Å². The standard InChI is InChI=1S/C19H12O5/c1-11-15(23-19(21)16-7-4-10-22-16)9-8-13-12-5-2-3-6-14(12)18(20)24-17(11)13/h2-10H,1H3. The number of furan rings is 1. The average Bonchev–Trinajstić information content (AvgIpc) is 3.13. The van der Waals surface area contributed by atoms with Crippen LogP contribution in [0.4, 0.5) is 0 Å². The number of esters is 1. The highest BCUT2D eigenvalue weighted by Gasteiger charge is 2.16. The summed E-state index contributed by atoms with van der Waals surface area (Å²) in [6.45, 7) is 1.74. The second kappa shape index (κ2) is 5.38. The molecular formula is C19H12O5. The van der Waals surface area contributed by atoms with Crippen molar-refractivity contribution >= 4 is 27.7 Å². The highest BCUT2D eigenvalue weighted by atomic mass is 16.5. The summed E-state index contributed by atoms with van der Waals surface area (Å²) in [5, 5.41) is 2.11. The van der Waals surface area contributed by atoms with Crippen molar-refractivity contribution in [2.45, 2.75) is 6.92 Å². The number of aryl methyl sites for hydroxylation is 1. The van der Waals surface area contributed by atoms with Crippen LogP contribution < -0.4 is 10.4 Å². The van der Waals surface area contributed by atoms with Gasteiger partial charge < -0.3 is 13.6 Å². The summed E-state index contributed by atoms with van der Waals surface area (Å²) >= 11 is 0. The fourth-order valence-electron chi connectivity index (χ4n) is 2.72. The predicted octanol–water partition coefficient (Wildman–Crippen LogP) is 4.07. The van der Waals surface area contributed by atoms with E-state index in [-0.39, 0.29) is 5.76 Å². The lowest BCUT2D eigenvalue weighted by molar-refractivity contribution is 0.0700. The summed E-state index contributed by atoms with van der Waals surface area (Å²) in [7, 11) is 0. The van der Waals surface area contributed by atoms with Gasteiger partial charge in [0.05, 0.1) is 11.6 Å². The minimum atomic E-state index is -0.606. The molecular weight excluding hydrogens is 308 g/mol. The molecule has 0 spiro atoms. The van der Waals surface area contributed by atoms with Gasteiger partial charge in [0.15, 0.2) is 0 Å². The maximum absolute atomic E-state index is 12.2. The molecule has 118 valence electrons. The van der Waals surface area contributed by atoms with Gasteiger partial charge in [-0.05, 0) is 42.6 Å². The highest BCUT2D eigenvalue weighted by molar-refractivity contribution is 6.05. The van der Waals surface area contributed by atoms with Crippen LogP contribution in [0.15, 0.2) is 68.4 Å². The molecule has 2 aromatic heterocycles. The second-order valence-electron chi connectivity index (χ2n) is 5.37. The Morgan fingerprint density at radius 2 is 1.75 bits per heavy atom. The van der Waals surface area contributed by atoms with Crippen molar-refractivity contribution in [3.63, 3.8) is 0 Å². The molecule has 5 nitrogen and oxygen atoms in total. The molecule has 24 heavy (non-hydrogen) atoms. The van der Waals surface area contributed by atoms with E-state index in [0.717, 1.165) is 10.8 Å². The molecule has 2 heterocycles. The van der Waals surface area contributed by atoms with Gasteiger partial charge in [0.25, 0.3) is 0 Å². The molecule has 0 bridgehead atoms. The molecule has 4 aromatic rings. The Morgan fingerprint density at radius 3 is 2.50 bits per heavy atom. The zero-order chi connectivity index (χ0) is 16.7. The Labute approximate surface area is 136 Å². The first-order chi connectivity index (χ1) is 11.6. The van der Waals surface area contributed by atoms with Crippen molar-refractivity contribution in [1.82, 2.24) is 0 Å². The van der Waals surface area contributed by atoms with Crippen molar-refractivity contribution in [2.24, 2.45) is 0 Å². The number of rotatable bonds is 2. The smallest absolute Gasteiger partial charge is 0.379 e. The quantitative estimate of drug-likeness (QED) is 0.241. The second-order valence-corrected chi connectivity index (χ2v) is 5.37. The van der Waals surface area contributed by atoms with Gasteiger partial charge in [0.1, 0.15) is 11.3 Å². The van der Waals surface area contributed by atoms with Crippen LogP contribution in [0.5, 0.6) is 5.75 Å². The number of hydrogen-bond acceptors (Lipinski definition) is 5. The summed E-state index contributed by atoms with van der Waals surface area (Å²) in [6.07, 6.45) is 1.40. The molecule has 2 aromatic carbocycles. The molecule has 0 amide bonds. The average molecular weight is 320 g/mol. The minimum absolute atomic E-state index is 0.106. The molecule has 0 N–H and O–H groups in total. The Balaban J connectivity index is 1.88. The van der Waals surface area contributed by atoms with Gasteiger partial charge in [0.2, 0.25) is 5.76 Å². The van der Waals surface area contributed by atoms with E-state index in [0.29, 0.717) is 22.3 Å². The van der Waals surface area contributed by atoms with Gasteiger partial charge in [-0.2, -0.15) is 0 Å². The third-order valence-electron chi connectivity index (χ3n) is 3.91. The minimum Gasteiger partial charge on any atom is -0.457 e. The summed E-state index contributed by atoms with van der Waals surface area (Å²) in [4.78, 5) is 24.2. The molecule has 0 saturated heterocycles. The number of carbonyl (C=O) groups is 1. The van der Waals surface area contributed by atoms with E-state index in [9.17, 15) is 9.59 Å². The Kier molecular flexibility index (Phi) is 3.20. The fourth-order valence-corrected chi connectivity index (χ4v) is 2.72. The molecule has 0 saturated carbocycles. The SMILES string of the molecule is Cc1c(OC(=O)c2ccco2)ccc2c1oc(=O)c1ccccc12. The van der Waals surface area contributed by atoms with E-state index in [1.54, 1.807) is 37.3 Å². The van der Waals surface area contributed by atoms with Crippen LogP contribution in [-0.4, -0.2) is 5.97 Å². The van der Waals surface area contributed by atoms with Crippen molar-refractivity contribution in [2.75, 3.05) is 0 Å². The summed E-state index contributed by atoms with van der Waals surface area (Å²) in [5.74, 6) is -0.178. The number of fused-ring (bicyclic) bond motifs is 3. The molecule has 0 aliphatic carbocycles. The van der Waals surface area contributed by atoms with Crippen LogP contribution >= 0.6 is 0 Å². The lowest BCUT2D eigenvalue weighted by Gasteiger charge is -2.09. The molecule has 5 heteroatoms. The lowest BCUT2D eigenvalue weighted by atomic mass is 10.0. The third kappa shape index (κ3) is 2.18. The zero-order valence-corrected chi connectivity index (χ0v) is 12.7. The Bertz CT molecular complexity index is 1120. The molecule has 0 radical (unpaired) electrons. The first-order valence-electron chi connectivity index (χ1n) is 7.36. The van der Waals surface area contributed by atoms with Gasteiger partial charge in [0, 0.05) is 10.9 Å². The number of ether oxygens (including phenoxy) is 1. The van der Waals surface area contributed by atoms with Crippen LogP contribution in [0.2, 0.25) is 0 Å². The topological polar surface area (TPSA) is 69.7 Å². The molecule has 0 unspecified atom stereocenters. The normalized spacial score (nSPS) is 11.0. The third-order valence-corrected chi connectivity index (χ3v) is 3.91. The van der Waals surface area contributed by atoms with Crippen molar-refractivity contribution < 1.29 is 18.4 Å². The molecule has 0 aliphatic rings. The predicted molar refractivity (Wildman–Crippen MR) is 88.4 cm³/mol.